The number of aromatic nitrogens is 1. The molecule has 1 spiro atoms. The van der Waals surface area contributed by atoms with Crippen LogP contribution in [0.4, 0.5) is 0 Å². The first-order valence-electron chi connectivity index (χ1n) is 19.9. The van der Waals surface area contributed by atoms with Crippen molar-refractivity contribution in [3.8, 4) is 0 Å². The number of pyridine rings is 1. The molecule has 6 rings (SSSR count). The molecule has 1 aromatic heterocycles. The Morgan fingerprint density at radius 3 is 1.90 bits per heavy atom. The van der Waals surface area contributed by atoms with Crippen LogP contribution in [0.1, 0.15) is 94.5 Å². The van der Waals surface area contributed by atoms with Gasteiger partial charge in [0.2, 0.25) is 0 Å². The fraction of sp³-hybridized carbons (Fsp3) is 0.558. The molecule has 2 N–H and O–H groups in total. The van der Waals surface area contributed by atoms with Crippen molar-refractivity contribution in [2.75, 3.05) is 13.2 Å². The number of aliphatic hydroxyl groups is 2. The minimum absolute atomic E-state index is 0.0489. The van der Waals surface area contributed by atoms with Gasteiger partial charge >= 0.3 is 47.8 Å². The minimum atomic E-state index is -2.99. The molecule has 0 unspecified atom stereocenters. The van der Waals surface area contributed by atoms with Gasteiger partial charge in [-0.2, -0.15) is 0 Å². The smallest absolute Gasteiger partial charge is 0.340 e. The minimum Gasteiger partial charge on any atom is -0.465 e. The first-order chi connectivity index (χ1) is 29.4. The summed E-state index contributed by atoms with van der Waals surface area (Å²) < 4.78 is 55.0. The van der Waals surface area contributed by atoms with Crippen LogP contribution in [0.2, 0.25) is 0 Å². The highest BCUT2D eigenvalue weighted by Crippen LogP contribution is 2.70. The summed E-state index contributed by atoms with van der Waals surface area (Å²) in [5.74, 6) is -12.0. The van der Waals surface area contributed by atoms with E-state index in [0.717, 1.165) is 54.7 Å². The van der Waals surface area contributed by atoms with Gasteiger partial charge in [-0.1, -0.05) is 25.1 Å². The Bertz CT molecular complexity index is 2210. The second kappa shape index (κ2) is 16.6. The number of carbonyl (C=O) groups is 8. The molecule has 2 aromatic rings. The number of ether oxygens (including phenoxy) is 9. The van der Waals surface area contributed by atoms with Crippen LogP contribution in [0.3, 0.4) is 0 Å². The molecule has 3 fully saturated rings. The summed E-state index contributed by atoms with van der Waals surface area (Å²) in [4.78, 5) is 114. The summed E-state index contributed by atoms with van der Waals surface area (Å²) in [6, 6.07) is 8.64. The van der Waals surface area contributed by atoms with Gasteiger partial charge in [-0.15, -0.1) is 0 Å². The first kappa shape index (κ1) is 46.5. The van der Waals surface area contributed by atoms with Crippen LogP contribution in [0.5, 0.6) is 0 Å². The van der Waals surface area contributed by atoms with Crippen molar-refractivity contribution >= 4 is 47.8 Å². The second-order valence-electron chi connectivity index (χ2n) is 16.8. The van der Waals surface area contributed by atoms with E-state index in [9.17, 15) is 48.6 Å². The number of nitrogens with zero attached hydrogens (tertiary/aromatic N) is 1. The van der Waals surface area contributed by atoms with Gasteiger partial charge < -0.3 is 52.8 Å². The van der Waals surface area contributed by atoms with E-state index in [4.69, 9.17) is 42.6 Å². The summed E-state index contributed by atoms with van der Waals surface area (Å²) in [6.07, 6.45) is -10.4. The van der Waals surface area contributed by atoms with Crippen molar-refractivity contribution in [1.29, 1.82) is 0 Å². The van der Waals surface area contributed by atoms with Crippen molar-refractivity contribution in [2.24, 2.45) is 11.3 Å². The van der Waals surface area contributed by atoms with Gasteiger partial charge in [0.25, 0.3) is 0 Å². The quantitative estimate of drug-likeness (QED) is 0.280. The zero-order valence-corrected chi connectivity index (χ0v) is 35.9. The molecule has 4 aliphatic rings. The molecule has 4 bridgehead atoms. The third-order valence-corrected chi connectivity index (χ3v) is 12.6. The van der Waals surface area contributed by atoms with Crippen molar-refractivity contribution in [2.45, 2.75) is 127 Å². The lowest BCUT2D eigenvalue weighted by Gasteiger charge is -2.67. The molecule has 0 radical (unpaired) electrons. The molecule has 0 amide bonds. The predicted molar refractivity (Wildman–Crippen MR) is 207 cm³/mol. The van der Waals surface area contributed by atoms with Crippen molar-refractivity contribution in [3.63, 3.8) is 0 Å². The number of benzene rings is 1. The summed E-state index contributed by atoms with van der Waals surface area (Å²) in [7, 11) is 0. The zero-order valence-electron chi connectivity index (χ0n) is 35.9. The van der Waals surface area contributed by atoms with Gasteiger partial charge in [-0.3, -0.25) is 29.0 Å². The molecule has 63 heavy (non-hydrogen) atoms. The lowest BCUT2D eigenvalue weighted by molar-refractivity contribution is -0.386. The molecule has 2 saturated carbocycles. The van der Waals surface area contributed by atoms with E-state index in [1.807, 2.05) is 0 Å². The lowest BCUT2D eigenvalue weighted by atomic mass is 9.45. The van der Waals surface area contributed by atoms with Crippen molar-refractivity contribution in [1.82, 2.24) is 4.98 Å². The van der Waals surface area contributed by atoms with Crippen LogP contribution in [0.15, 0.2) is 48.8 Å². The maximum absolute atomic E-state index is 14.7. The highest BCUT2D eigenvalue weighted by molar-refractivity contribution is 5.92. The molecule has 2 aliphatic carbocycles. The lowest BCUT2D eigenvalue weighted by Crippen LogP contribution is -2.89. The number of rotatable bonds is 8. The molecular formula is C43H49NO19. The van der Waals surface area contributed by atoms with Gasteiger partial charge in [0, 0.05) is 52.9 Å². The summed E-state index contributed by atoms with van der Waals surface area (Å²) in [5, 5.41) is 25.8. The molecular weight excluding hydrogens is 834 g/mol. The molecule has 340 valence electrons. The summed E-state index contributed by atoms with van der Waals surface area (Å²) in [5.41, 5.74) is -13.6. The third-order valence-electron chi connectivity index (χ3n) is 12.6. The molecule has 13 atom stereocenters. The predicted octanol–water partition coefficient (Wildman–Crippen LogP) is 1.44. The number of hydrogen-bond donors (Lipinski definition) is 2. The Morgan fingerprint density at radius 2 is 1.33 bits per heavy atom. The fourth-order valence-corrected chi connectivity index (χ4v) is 9.87. The molecule has 20 heteroatoms. The summed E-state index contributed by atoms with van der Waals surface area (Å²) >= 11 is 0. The van der Waals surface area contributed by atoms with Crippen LogP contribution in [-0.2, 0) is 71.4 Å². The molecule has 20 nitrogen and oxygen atoms in total. The van der Waals surface area contributed by atoms with Gasteiger partial charge in [-0.25, -0.2) is 14.4 Å². The number of esters is 8. The van der Waals surface area contributed by atoms with E-state index in [0.29, 0.717) is 0 Å². The highest BCUT2D eigenvalue weighted by Gasteiger charge is 2.92. The number of carbonyl (C=O) groups excluding carboxylic acids is 8. The van der Waals surface area contributed by atoms with Gasteiger partial charge in [-0.05, 0) is 44.5 Å². The van der Waals surface area contributed by atoms with E-state index < -0.39 is 137 Å². The number of cyclic esters (lactones) is 1. The zero-order chi connectivity index (χ0) is 46.6. The van der Waals surface area contributed by atoms with E-state index in [1.165, 1.54) is 50.4 Å². The SMILES string of the molecule is CC(=O)OC[C@@]12[C@H](OC(C)=O)[C@H](OC(C)=O)[C@@H]3[C@@H](OC(C)=O)[C@@]14O[C@@]3(C)COC(=O)c1cnccc1[C@H](C)[C@@](C)(O)C(=O)O[C@@H]([C@H](OC(=O)c1ccccc1)[C@@H]2OC(C)=O)[C@]4(C)O. The Kier molecular flexibility index (Phi) is 12.3. The van der Waals surface area contributed by atoms with E-state index in [-0.39, 0.29) is 16.7 Å². The molecule has 3 heterocycles. The summed E-state index contributed by atoms with van der Waals surface area (Å²) in [6.45, 7) is 7.70. The van der Waals surface area contributed by atoms with E-state index in [1.54, 1.807) is 6.07 Å². The van der Waals surface area contributed by atoms with Crippen LogP contribution in [-0.4, -0.2) is 135 Å². The Hall–Kier alpha value is -5.99. The van der Waals surface area contributed by atoms with E-state index in [2.05, 4.69) is 4.98 Å². The molecule has 1 aromatic carbocycles. The largest absolute Gasteiger partial charge is 0.465 e. The second-order valence-corrected chi connectivity index (χ2v) is 16.8. The van der Waals surface area contributed by atoms with Crippen molar-refractivity contribution in [3.05, 3.63) is 65.5 Å². The standard InChI is InChI=1S/C43H49NO19/c1-20-27-15-16-44-17-28(27)37(51)56-18-39(7)29-30(57-22(3)46)34(59-24(5)48)42(19-55-21(2)45)35(60-25(6)49)31(61-36(50)26-13-11-10-12-14-26)33(62-38(52)40(20,8)53)41(9,54)43(42,63-39)32(29)58-23(4)47/h10-17,20,29-35,53-54H,18-19H2,1-9H3/t20-,29+,30+,31-,32+,33-,34+,35-,39-,40+,41-,42-,43-/m0/s1. The first-order valence-corrected chi connectivity index (χ1v) is 19.9. The Labute approximate surface area is 360 Å². The fourth-order valence-electron chi connectivity index (χ4n) is 9.87. The average molecular weight is 884 g/mol. The Morgan fingerprint density at radius 1 is 0.762 bits per heavy atom. The van der Waals surface area contributed by atoms with Gasteiger partial charge in [0.05, 0.1) is 17.0 Å². The van der Waals surface area contributed by atoms with Crippen LogP contribution >= 0.6 is 0 Å². The number of fused-ring (bicyclic) bond motifs is 5. The number of hydrogen-bond acceptors (Lipinski definition) is 20. The topological polar surface area (TPSA) is 273 Å². The van der Waals surface area contributed by atoms with Crippen LogP contribution < -0.4 is 0 Å². The normalized spacial score (nSPS) is 36.8. The average Bonchev–Trinajstić information content (AvgIpc) is 3.42. The molecule has 1 saturated heterocycles. The van der Waals surface area contributed by atoms with E-state index >= 15 is 0 Å². The monoisotopic (exact) mass is 883 g/mol. The van der Waals surface area contributed by atoms with Gasteiger partial charge in [0.15, 0.2) is 35.6 Å². The van der Waals surface area contributed by atoms with Crippen LogP contribution in [0.25, 0.3) is 0 Å². The van der Waals surface area contributed by atoms with Crippen LogP contribution in [0, 0.1) is 11.3 Å². The third kappa shape index (κ3) is 7.56. The maximum atomic E-state index is 14.7. The maximum Gasteiger partial charge on any atom is 0.340 e. The Balaban J connectivity index is 1.81. The molecule has 2 aliphatic heterocycles. The highest BCUT2D eigenvalue weighted by atomic mass is 16.7. The van der Waals surface area contributed by atoms with Gasteiger partial charge in [0.1, 0.15) is 42.0 Å². The van der Waals surface area contributed by atoms with Crippen molar-refractivity contribution < 1.29 is 91.2 Å².